The highest BCUT2D eigenvalue weighted by Crippen LogP contribution is 2.31. The van der Waals surface area contributed by atoms with Crippen LogP contribution in [0.25, 0.3) is 10.9 Å². The molecule has 0 fully saturated rings. The Morgan fingerprint density at radius 2 is 2.11 bits per heavy atom. The van der Waals surface area contributed by atoms with Crippen molar-refractivity contribution in [2.45, 2.75) is 32.7 Å². The van der Waals surface area contributed by atoms with E-state index in [0.29, 0.717) is 17.2 Å². The lowest BCUT2D eigenvalue weighted by Gasteiger charge is -2.24. The van der Waals surface area contributed by atoms with Crippen molar-refractivity contribution < 1.29 is 18.7 Å². The molecule has 144 valence electrons. The van der Waals surface area contributed by atoms with Crippen LogP contribution in [-0.2, 0) is 28.9 Å². The number of fused-ring (bicyclic) bond motifs is 2. The third-order valence-corrected chi connectivity index (χ3v) is 5.08. The summed E-state index contributed by atoms with van der Waals surface area (Å²) in [5.41, 5.74) is 3.25. The number of nitrogens with one attached hydrogen (secondary N) is 1. The first-order chi connectivity index (χ1) is 13.6. The van der Waals surface area contributed by atoms with E-state index >= 15 is 0 Å². The second-order valence-corrected chi connectivity index (χ2v) is 7.21. The monoisotopic (exact) mass is 378 g/mol. The molecule has 0 unspecified atom stereocenters. The molecule has 2 aromatic heterocycles. The molecule has 0 bridgehead atoms. The Kier molecular flexibility index (Phi) is 5.10. The third-order valence-electron chi connectivity index (χ3n) is 5.08. The fourth-order valence-electron chi connectivity index (χ4n) is 3.65. The van der Waals surface area contributed by atoms with Gasteiger partial charge in [-0.25, -0.2) is 4.79 Å². The van der Waals surface area contributed by atoms with Crippen LogP contribution < -0.4 is 5.32 Å². The molecule has 3 aromatic rings. The first kappa shape index (κ1) is 18.2. The van der Waals surface area contributed by atoms with Gasteiger partial charge in [-0.1, -0.05) is 25.1 Å². The van der Waals surface area contributed by atoms with Gasteiger partial charge in [0.05, 0.1) is 23.9 Å². The molecule has 28 heavy (non-hydrogen) atoms. The predicted molar refractivity (Wildman–Crippen MR) is 104 cm³/mol. The zero-order chi connectivity index (χ0) is 19.5. The molecule has 1 aliphatic carbocycles. The summed E-state index contributed by atoms with van der Waals surface area (Å²) in [5.74, 6) is 0.281. The van der Waals surface area contributed by atoms with Crippen molar-refractivity contribution in [2.24, 2.45) is 5.92 Å². The van der Waals surface area contributed by atoms with E-state index in [-0.39, 0.29) is 19.1 Å². The standard InChI is InChI=1S/C22H22N2O4/c1-14-8-9-19-17(11-14)21(16-6-2-3-7-18(16)24-19)22(26)28-13-20(25)23-12-15-5-4-10-27-15/h2-7,10,14H,8-9,11-13H2,1H3,(H,23,25)/t14-/m0/s1. The van der Waals surface area contributed by atoms with Gasteiger partial charge in [-0.15, -0.1) is 0 Å². The molecule has 1 atom stereocenters. The van der Waals surface area contributed by atoms with Crippen LogP contribution in [0.2, 0.25) is 0 Å². The van der Waals surface area contributed by atoms with Gasteiger partial charge in [0, 0.05) is 11.1 Å². The van der Waals surface area contributed by atoms with Crippen molar-refractivity contribution in [1.29, 1.82) is 0 Å². The van der Waals surface area contributed by atoms with Gasteiger partial charge in [0.25, 0.3) is 5.91 Å². The molecule has 1 N–H and O–H groups in total. The molecule has 1 aromatic carbocycles. The Labute approximate surface area is 162 Å². The number of hydrogen-bond donors (Lipinski definition) is 1. The van der Waals surface area contributed by atoms with E-state index in [0.717, 1.165) is 41.4 Å². The first-order valence-corrected chi connectivity index (χ1v) is 9.48. The molecule has 0 radical (unpaired) electrons. The smallest absolute Gasteiger partial charge is 0.339 e. The molecule has 2 heterocycles. The lowest BCUT2D eigenvalue weighted by molar-refractivity contribution is -0.124. The number of hydrogen-bond acceptors (Lipinski definition) is 5. The SMILES string of the molecule is C[C@H]1CCc2nc3ccccc3c(C(=O)OCC(=O)NCc3ccco3)c2C1. The minimum absolute atomic E-state index is 0.258. The molecular formula is C22H22N2O4. The van der Waals surface area contributed by atoms with E-state index in [1.165, 1.54) is 0 Å². The highest BCUT2D eigenvalue weighted by atomic mass is 16.5. The molecule has 1 aliphatic rings. The number of nitrogens with zero attached hydrogens (tertiary/aromatic N) is 1. The van der Waals surface area contributed by atoms with E-state index in [1.54, 1.807) is 18.4 Å². The second kappa shape index (κ2) is 7.84. The van der Waals surface area contributed by atoms with E-state index in [4.69, 9.17) is 14.1 Å². The number of benzene rings is 1. The summed E-state index contributed by atoms with van der Waals surface area (Å²) >= 11 is 0. The van der Waals surface area contributed by atoms with E-state index in [2.05, 4.69) is 12.2 Å². The van der Waals surface area contributed by atoms with Gasteiger partial charge in [0.2, 0.25) is 0 Å². The molecule has 1 amide bonds. The quantitative estimate of drug-likeness (QED) is 0.688. The summed E-state index contributed by atoms with van der Waals surface area (Å²) < 4.78 is 10.5. The van der Waals surface area contributed by atoms with Crippen LogP contribution in [-0.4, -0.2) is 23.5 Å². The zero-order valence-electron chi connectivity index (χ0n) is 15.7. The summed E-state index contributed by atoms with van der Waals surface area (Å²) in [6, 6.07) is 11.1. The fraction of sp³-hybridized carbons (Fsp3) is 0.318. The maximum Gasteiger partial charge on any atom is 0.339 e. The van der Waals surface area contributed by atoms with Gasteiger partial charge in [-0.3, -0.25) is 9.78 Å². The van der Waals surface area contributed by atoms with E-state index in [9.17, 15) is 9.59 Å². The van der Waals surface area contributed by atoms with Crippen LogP contribution in [0.15, 0.2) is 47.1 Å². The molecule has 0 aliphatic heterocycles. The summed E-state index contributed by atoms with van der Waals surface area (Å²) in [7, 11) is 0. The highest BCUT2D eigenvalue weighted by molar-refractivity contribution is 6.05. The number of para-hydroxylation sites is 1. The van der Waals surface area contributed by atoms with Gasteiger partial charge in [-0.2, -0.15) is 0 Å². The van der Waals surface area contributed by atoms with Crippen molar-refractivity contribution in [3.05, 3.63) is 65.2 Å². The predicted octanol–water partition coefficient (Wildman–Crippen LogP) is 3.43. The fourth-order valence-corrected chi connectivity index (χ4v) is 3.65. The maximum absolute atomic E-state index is 12.9. The van der Waals surface area contributed by atoms with Crippen molar-refractivity contribution in [3.63, 3.8) is 0 Å². The number of amides is 1. The lowest BCUT2D eigenvalue weighted by atomic mass is 9.84. The average Bonchev–Trinajstić information content (AvgIpc) is 3.22. The number of pyridine rings is 1. The molecular weight excluding hydrogens is 356 g/mol. The number of carbonyl (C=O) groups is 2. The van der Waals surface area contributed by atoms with Crippen LogP contribution in [0.4, 0.5) is 0 Å². The van der Waals surface area contributed by atoms with Gasteiger partial charge >= 0.3 is 5.97 Å². The van der Waals surface area contributed by atoms with Crippen LogP contribution in [0, 0.1) is 5.92 Å². The number of furan rings is 1. The molecule has 6 nitrogen and oxygen atoms in total. The van der Waals surface area contributed by atoms with Crippen molar-refractivity contribution in [2.75, 3.05) is 6.61 Å². The van der Waals surface area contributed by atoms with Crippen LogP contribution in [0.1, 0.15) is 40.7 Å². The molecule has 6 heteroatoms. The molecule has 0 saturated carbocycles. The van der Waals surface area contributed by atoms with Crippen molar-refractivity contribution in [1.82, 2.24) is 10.3 Å². The Hall–Kier alpha value is -3.15. The van der Waals surface area contributed by atoms with Crippen molar-refractivity contribution >= 4 is 22.8 Å². The minimum atomic E-state index is -0.475. The summed E-state index contributed by atoms with van der Waals surface area (Å²) in [5, 5.41) is 3.45. The Bertz CT molecular complexity index is 1010. The van der Waals surface area contributed by atoms with Gasteiger partial charge in [-0.05, 0) is 48.9 Å². The number of aromatic nitrogens is 1. The van der Waals surface area contributed by atoms with Gasteiger partial charge < -0.3 is 14.5 Å². The maximum atomic E-state index is 12.9. The average molecular weight is 378 g/mol. The number of aryl methyl sites for hydroxylation is 1. The van der Waals surface area contributed by atoms with Gasteiger partial charge in [0.1, 0.15) is 5.76 Å². The second-order valence-electron chi connectivity index (χ2n) is 7.21. The van der Waals surface area contributed by atoms with E-state index < -0.39 is 5.97 Å². The summed E-state index contributed by atoms with van der Waals surface area (Å²) in [4.78, 5) is 29.7. The molecule has 0 spiro atoms. The van der Waals surface area contributed by atoms with Crippen LogP contribution in [0.3, 0.4) is 0 Å². The van der Waals surface area contributed by atoms with Crippen LogP contribution in [0.5, 0.6) is 0 Å². The first-order valence-electron chi connectivity index (χ1n) is 9.48. The molecule has 4 rings (SSSR count). The van der Waals surface area contributed by atoms with Gasteiger partial charge in [0.15, 0.2) is 6.61 Å². The van der Waals surface area contributed by atoms with Crippen molar-refractivity contribution in [3.8, 4) is 0 Å². The topological polar surface area (TPSA) is 81.4 Å². The van der Waals surface area contributed by atoms with Crippen LogP contribution >= 0.6 is 0 Å². The third kappa shape index (κ3) is 3.76. The summed E-state index contributed by atoms with van der Waals surface area (Å²) in [6.45, 7) is 2.10. The molecule has 0 saturated heterocycles. The number of rotatable bonds is 5. The summed E-state index contributed by atoms with van der Waals surface area (Å²) in [6.07, 6.45) is 4.25. The normalized spacial score (nSPS) is 15.8. The van der Waals surface area contributed by atoms with E-state index in [1.807, 2.05) is 24.3 Å². The highest BCUT2D eigenvalue weighted by Gasteiger charge is 2.26. The Morgan fingerprint density at radius 1 is 1.25 bits per heavy atom. The zero-order valence-corrected chi connectivity index (χ0v) is 15.7. The number of carbonyl (C=O) groups excluding carboxylic acids is 2. The Morgan fingerprint density at radius 3 is 2.93 bits per heavy atom. The lowest BCUT2D eigenvalue weighted by Crippen LogP contribution is -2.29. The largest absolute Gasteiger partial charge is 0.467 e. The Balaban J connectivity index is 1.53. The number of esters is 1. The minimum Gasteiger partial charge on any atom is -0.467 e. The number of ether oxygens (including phenoxy) is 1.